The number of nitriles is 3. The molecule has 0 bridgehead atoms. The monoisotopic (exact) mass is 1760 g/mol. The Labute approximate surface area is 775 Å². The second-order valence-electron chi connectivity index (χ2n) is 35.2. The van der Waals surface area contributed by atoms with Gasteiger partial charge in [-0.05, 0) is 195 Å². The number of aryl methyl sites for hydroxylation is 8. The van der Waals surface area contributed by atoms with Crippen LogP contribution in [0.2, 0.25) is 0 Å². The third-order valence-electron chi connectivity index (χ3n) is 28.0. The molecule has 0 spiro atoms. The van der Waals surface area contributed by atoms with Crippen molar-refractivity contribution in [3.8, 4) is 85.5 Å². The summed E-state index contributed by atoms with van der Waals surface area (Å²) < 4.78 is 19.2. The fraction of sp³-hybridized carbons (Fsp3) is 0.0667. The topological polar surface area (TPSA) is 95.5 Å². The van der Waals surface area contributed by atoms with Crippen LogP contribution in [-0.4, -0.2) is 18.3 Å². The predicted molar refractivity (Wildman–Crippen MR) is 562 cm³/mol. The Bertz CT molecular complexity index is 9250. The number of nitrogens with zero attached hydrogens (tertiary/aromatic N) is 8. The standard InChI is InChI=1S/2C60H38N4S2/c1-33-28-45-41-24-26-43-39-20-12-14-22-50(39)65-59(43)55(41)63(48(45)30-35(33)3)57-52(37-16-8-6-9-17-37)47(32-61)54(62-5)53(38-18-10-7-11-19-38)58(57)64-49-31-36(4)34(2)29-46(49)42-25-27-44-40-21-13-15-23-51(40)66-60(44)56(42)64;1-33-27-45-41-23-25-43-39-19-11-13-21-51(39)65-59(43)57(41)63(49(45)29-35(33)3)55-48(32-62)56(54(38-17-9-6-10-18-38)47(31-61)53(55)37-15-7-5-8-16-37)64-50-30-36(4)34(2)28-46(50)42-24-26-44-40-20-12-14-22-52(40)66-60(44)58(42)64/h6-31H,1-4H3;5-30H,1-4H3. The molecule has 8 aromatic heterocycles. The minimum Gasteiger partial charge on any atom is -0.306 e. The molecule has 0 aliphatic heterocycles. The van der Waals surface area contributed by atoms with Gasteiger partial charge in [0.25, 0.3) is 0 Å². The molecular weight excluding hydrogens is 1680 g/mol. The lowest BCUT2D eigenvalue weighted by atomic mass is 9.86. The Kier molecular flexibility index (Phi) is 17.7. The molecule has 0 aliphatic carbocycles. The lowest BCUT2D eigenvalue weighted by Crippen LogP contribution is -2.11. The molecule has 0 radical (unpaired) electrons. The molecule has 620 valence electrons. The number of hydrogen-bond acceptors (Lipinski definition) is 7. The number of fused-ring (bicyclic) bond motifs is 28. The molecule has 18 aromatic carbocycles. The van der Waals surface area contributed by atoms with Crippen LogP contribution in [0.25, 0.3) is 240 Å². The van der Waals surface area contributed by atoms with Crippen molar-refractivity contribution < 1.29 is 0 Å². The molecule has 132 heavy (non-hydrogen) atoms. The van der Waals surface area contributed by atoms with E-state index in [1.54, 1.807) is 22.7 Å². The SMILES string of the molecule is Cc1cc2c3ccc4c5ccccc5sc4c3n(-c3c(C#N)c(-n4c5cc(C)c(C)cc5c5ccc6c7ccccc7sc6c54)c(-c4ccccc4)c(C#N)c3-c3ccccc3)c2cc1C.[C-]#[N+]c1c(C#N)c(-c2ccccc2)c(-n2c3cc(C)c(C)cc3c3ccc4c5ccccc5sc4c32)c(-n2c3cc(C)c(C)cc3c3ccc4c5ccccc5sc4c32)c1-c1ccccc1. The maximum atomic E-state index is 12.4. The maximum absolute atomic E-state index is 12.4. The Morgan fingerprint density at radius 3 is 0.727 bits per heavy atom. The first-order valence-corrected chi connectivity index (χ1v) is 47.7. The van der Waals surface area contributed by atoms with Gasteiger partial charge in [-0.25, -0.2) is 4.85 Å². The van der Waals surface area contributed by atoms with Crippen LogP contribution in [0, 0.1) is 96.0 Å². The highest BCUT2D eigenvalue weighted by Gasteiger charge is 2.37. The molecular formula is C120H76N8S4. The van der Waals surface area contributed by atoms with Crippen LogP contribution in [-0.2, 0) is 0 Å². The van der Waals surface area contributed by atoms with E-state index in [-0.39, 0.29) is 0 Å². The van der Waals surface area contributed by atoms with E-state index in [1.165, 1.54) is 105 Å². The molecule has 0 fully saturated rings. The van der Waals surface area contributed by atoms with Gasteiger partial charge in [0.1, 0.15) is 17.7 Å². The second-order valence-corrected chi connectivity index (χ2v) is 39.4. The average molecular weight is 1760 g/mol. The Balaban J connectivity index is 0.000000142. The first-order chi connectivity index (χ1) is 64.7. The fourth-order valence-electron chi connectivity index (χ4n) is 21.4. The molecule has 26 rings (SSSR count). The van der Waals surface area contributed by atoms with Gasteiger partial charge >= 0.3 is 0 Å². The van der Waals surface area contributed by atoms with Gasteiger partial charge in [-0.15, -0.1) is 45.3 Å². The maximum Gasteiger partial charge on any atom is 0.215 e. The summed E-state index contributed by atoms with van der Waals surface area (Å²) in [6.45, 7) is 26.6. The zero-order chi connectivity index (χ0) is 89.1. The fourth-order valence-corrected chi connectivity index (χ4v) is 26.3. The van der Waals surface area contributed by atoms with Gasteiger partial charge < -0.3 is 18.3 Å². The number of thiophene rings is 4. The molecule has 0 N–H and O–H groups in total. The van der Waals surface area contributed by atoms with Crippen molar-refractivity contribution in [1.82, 2.24) is 18.3 Å². The van der Waals surface area contributed by atoms with E-state index in [2.05, 4.69) is 339 Å². The average Bonchev–Trinajstić information content (AvgIpc) is 1.51. The smallest absolute Gasteiger partial charge is 0.215 e. The van der Waals surface area contributed by atoms with E-state index in [4.69, 9.17) is 6.57 Å². The highest BCUT2D eigenvalue weighted by molar-refractivity contribution is 7.28. The van der Waals surface area contributed by atoms with E-state index in [1.807, 2.05) is 95.5 Å². The summed E-state index contributed by atoms with van der Waals surface area (Å²) in [6.07, 6.45) is 0. The summed E-state index contributed by atoms with van der Waals surface area (Å²) in [4.78, 5) is 4.42. The minimum atomic E-state index is 0.337. The third-order valence-corrected chi connectivity index (χ3v) is 32.8. The van der Waals surface area contributed by atoms with Crippen LogP contribution in [0.5, 0.6) is 0 Å². The van der Waals surface area contributed by atoms with E-state index >= 15 is 0 Å². The molecule has 0 saturated carbocycles. The third kappa shape index (κ3) is 11.2. The molecule has 0 aliphatic rings. The summed E-state index contributed by atoms with van der Waals surface area (Å²) >= 11 is 7.22. The Morgan fingerprint density at radius 1 is 0.227 bits per heavy atom. The largest absolute Gasteiger partial charge is 0.306 e. The van der Waals surface area contributed by atoms with E-state index < -0.39 is 0 Å². The van der Waals surface area contributed by atoms with Gasteiger partial charge in [-0.1, -0.05) is 243 Å². The lowest BCUT2D eigenvalue weighted by molar-refractivity contribution is 1.10. The number of aromatic nitrogens is 4. The molecule has 12 heteroatoms. The van der Waals surface area contributed by atoms with Gasteiger partial charge in [-0.2, -0.15) is 15.8 Å². The molecule has 0 saturated heterocycles. The van der Waals surface area contributed by atoms with Crippen molar-refractivity contribution in [1.29, 1.82) is 15.8 Å². The quantitative estimate of drug-likeness (QED) is 0.142. The van der Waals surface area contributed by atoms with Crippen LogP contribution < -0.4 is 0 Å². The zero-order valence-corrected chi connectivity index (χ0v) is 76.5. The predicted octanol–water partition coefficient (Wildman–Crippen LogP) is 34.5. The van der Waals surface area contributed by atoms with Gasteiger partial charge in [0.2, 0.25) is 5.69 Å². The van der Waals surface area contributed by atoms with E-state index in [0.29, 0.717) is 33.8 Å². The molecule has 8 nitrogen and oxygen atoms in total. The van der Waals surface area contributed by atoms with Crippen LogP contribution in [0.1, 0.15) is 61.2 Å². The zero-order valence-electron chi connectivity index (χ0n) is 73.2. The first kappa shape index (κ1) is 78.3. The van der Waals surface area contributed by atoms with Gasteiger partial charge in [0.05, 0.1) is 109 Å². The summed E-state index contributed by atoms with van der Waals surface area (Å²) in [5.41, 5.74) is 29.1. The summed E-state index contributed by atoms with van der Waals surface area (Å²) in [6, 6.07) is 121. The van der Waals surface area contributed by atoms with Crippen molar-refractivity contribution in [2.24, 2.45) is 0 Å². The highest BCUT2D eigenvalue weighted by Crippen LogP contribution is 2.58. The van der Waals surface area contributed by atoms with Crippen molar-refractivity contribution >= 4 is 219 Å². The van der Waals surface area contributed by atoms with Crippen LogP contribution in [0.4, 0.5) is 5.69 Å². The molecule has 0 unspecified atom stereocenters. The first-order valence-electron chi connectivity index (χ1n) is 44.4. The van der Waals surface area contributed by atoms with Crippen molar-refractivity contribution in [2.75, 3.05) is 0 Å². The Hall–Kier alpha value is -16.0. The van der Waals surface area contributed by atoms with Crippen molar-refractivity contribution in [2.45, 2.75) is 55.4 Å². The number of benzene rings is 18. The number of rotatable bonds is 8. The number of hydrogen-bond donors (Lipinski definition) is 0. The van der Waals surface area contributed by atoms with E-state index in [0.717, 1.165) is 164 Å². The van der Waals surface area contributed by atoms with Crippen molar-refractivity contribution in [3.63, 3.8) is 0 Å². The molecule has 0 atom stereocenters. The normalized spacial score (nSPS) is 11.9. The van der Waals surface area contributed by atoms with Gasteiger partial charge in [-0.3, -0.25) is 0 Å². The molecule has 26 aromatic rings. The summed E-state index contributed by atoms with van der Waals surface area (Å²) in [5.74, 6) is 0. The molecule has 8 heterocycles. The minimum absolute atomic E-state index is 0.337. The second kappa shape index (κ2) is 29.8. The van der Waals surface area contributed by atoms with Gasteiger partial charge in [0.15, 0.2) is 0 Å². The van der Waals surface area contributed by atoms with Gasteiger partial charge in [0, 0.05) is 127 Å². The Morgan fingerprint density at radius 2 is 0.455 bits per heavy atom. The van der Waals surface area contributed by atoms with E-state index in [9.17, 15) is 15.8 Å². The summed E-state index contributed by atoms with van der Waals surface area (Å²) in [5, 5.41) is 54.7. The lowest BCUT2D eigenvalue weighted by Gasteiger charge is -2.27. The van der Waals surface area contributed by atoms with Crippen LogP contribution in [0.15, 0.2) is 315 Å². The highest BCUT2D eigenvalue weighted by atomic mass is 32.1. The van der Waals surface area contributed by atoms with Crippen LogP contribution in [0.3, 0.4) is 0 Å². The molecule has 0 amide bonds. The van der Waals surface area contributed by atoms with Crippen molar-refractivity contribution in [3.05, 3.63) is 388 Å². The summed E-state index contributed by atoms with van der Waals surface area (Å²) in [7, 11) is 0. The van der Waals surface area contributed by atoms with Crippen LogP contribution >= 0.6 is 45.3 Å².